The number of benzene rings is 2. The summed E-state index contributed by atoms with van der Waals surface area (Å²) in [5, 5.41) is 2.64. The van der Waals surface area contributed by atoms with Gasteiger partial charge in [0.05, 0.1) is 11.0 Å². The molecule has 3 rings (SSSR count). The van der Waals surface area contributed by atoms with Gasteiger partial charge < -0.3 is 0 Å². The molecule has 114 valence electrons. The highest BCUT2D eigenvalue weighted by Gasteiger charge is 2.24. The molecule has 0 spiro atoms. The molecule has 0 bridgehead atoms. The van der Waals surface area contributed by atoms with E-state index in [0.29, 0.717) is 0 Å². The number of hydrogen-bond acceptors (Lipinski definition) is 1. The van der Waals surface area contributed by atoms with Crippen LogP contribution >= 0.6 is 0 Å². The van der Waals surface area contributed by atoms with Crippen molar-refractivity contribution in [3.63, 3.8) is 0 Å². The Morgan fingerprint density at radius 2 is 1.36 bits per heavy atom. The van der Waals surface area contributed by atoms with Crippen LogP contribution < -0.4 is 0 Å². The Morgan fingerprint density at radius 3 is 2.00 bits per heavy atom. The third-order valence-corrected chi connectivity index (χ3v) is 5.06. The molecule has 0 N–H and O–H groups in total. The van der Waals surface area contributed by atoms with Gasteiger partial charge in [-0.25, -0.2) is 4.98 Å². The Bertz CT molecular complexity index is 896. The predicted octanol–water partition coefficient (Wildman–Crippen LogP) is 5.92. The van der Waals surface area contributed by atoms with Crippen molar-refractivity contribution < 1.29 is 0 Å². The van der Waals surface area contributed by atoms with Gasteiger partial charge >= 0.3 is 0 Å². The molecule has 0 amide bonds. The van der Waals surface area contributed by atoms with Gasteiger partial charge in [0.25, 0.3) is 0 Å². The quantitative estimate of drug-likeness (QED) is 0.468. The summed E-state index contributed by atoms with van der Waals surface area (Å²) >= 11 is 0. The number of aromatic nitrogens is 1. The van der Waals surface area contributed by atoms with Crippen molar-refractivity contribution in [3.8, 4) is 0 Å². The topological polar surface area (TPSA) is 12.9 Å². The molecule has 0 fully saturated rings. The summed E-state index contributed by atoms with van der Waals surface area (Å²) in [4.78, 5) is 5.01. The maximum Gasteiger partial charge on any atom is 0.0747 e. The standard InChI is InChI=1S/C21H25N/c1-12-13(2)15(4)20-18(14(12)3)19(21(5,6)7)16-10-8-9-11-17(16)22-20/h8-11H,1-7H3. The van der Waals surface area contributed by atoms with Crippen LogP contribution in [0.25, 0.3) is 21.8 Å². The molecule has 1 aromatic heterocycles. The van der Waals surface area contributed by atoms with Crippen LogP contribution in [0.4, 0.5) is 0 Å². The van der Waals surface area contributed by atoms with Gasteiger partial charge in [0.2, 0.25) is 0 Å². The number of hydrogen-bond donors (Lipinski definition) is 0. The second-order valence-corrected chi connectivity index (χ2v) is 7.48. The predicted molar refractivity (Wildman–Crippen MR) is 96.9 cm³/mol. The lowest BCUT2D eigenvalue weighted by molar-refractivity contribution is 0.600. The lowest BCUT2D eigenvalue weighted by Gasteiger charge is -2.26. The average Bonchev–Trinajstić information content (AvgIpc) is 2.47. The number of aryl methyl sites for hydroxylation is 2. The fourth-order valence-corrected chi connectivity index (χ4v) is 3.56. The van der Waals surface area contributed by atoms with Crippen molar-refractivity contribution in [1.29, 1.82) is 0 Å². The van der Waals surface area contributed by atoms with Gasteiger partial charge in [-0.05, 0) is 67.0 Å². The molecule has 0 radical (unpaired) electrons. The van der Waals surface area contributed by atoms with Gasteiger partial charge in [0, 0.05) is 10.8 Å². The van der Waals surface area contributed by atoms with E-state index < -0.39 is 0 Å². The van der Waals surface area contributed by atoms with Crippen molar-refractivity contribution >= 4 is 21.8 Å². The molecule has 1 nitrogen and oxygen atoms in total. The Balaban J connectivity index is 2.71. The van der Waals surface area contributed by atoms with Crippen molar-refractivity contribution in [2.45, 2.75) is 53.9 Å². The van der Waals surface area contributed by atoms with E-state index in [-0.39, 0.29) is 5.41 Å². The summed E-state index contributed by atoms with van der Waals surface area (Å²) in [6.07, 6.45) is 0. The van der Waals surface area contributed by atoms with Crippen molar-refractivity contribution in [1.82, 2.24) is 4.98 Å². The Morgan fingerprint density at radius 1 is 0.773 bits per heavy atom. The largest absolute Gasteiger partial charge is 0.247 e. The van der Waals surface area contributed by atoms with Crippen LogP contribution in [-0.2, 0) is 5.41 Å². The van der Waals surface area contributed by atoms with Gasteiger partial charge in [0.1, 0.15) is 0 Å². The molecular weight excluding hydrogens is 266 g/mol. The molecular formula is C21H25N. The molecule has 0 aliphatic rings. The zero-order valence-corrected chi connectivity index (χ0v) is 14.8. The second kappa shape index (κ2) is 4.81. The van der Waals surface area contributed by atoms with E-state index in [1.54, 1.807) is 0 Å². The maximum atomic E-state index is 5.01. The number of rotatable bonds is 0. The Hall–Kier alpha value is -1.89. The molecule has 0 saturated heterocycles. The Kier molecular flexibility index (Phi) is 3.28. The fourth-order valence-electron chi connectivity index (χ4n) is 3.56. The number of pyridine rings is 1. The minimum atomic E-state index is 0.0830. The fraction of sp³-hybridized carbons (Fsp3) is 0.381. The summed E-state index contributed by atoms with van der Waals surface area (Å²) in [7, 11) is 0. The van der Waals surface area contributed by atoms with E-state index in [4.69, 9.17) is 4.98 Å². The average molecular weight is 291 g/mol. The summed E-state index contributed by atoms with van der Waals surface area (Å²) in [5.41, 5.74) is 9.24. The van der Waals surface area contributed by atoms with Crippen LogP contribution in [0.5, 0.6) is 0 Å². The van der Waals surface area contributed by atoms with E-state index in [9.17, 15) is 0 Å². The minimum absolute atomic E-state index is 0.0830. The van der Waals surface area contributed by atoms with Crippen LogP contribution in [0.1, 0.15) is 48.6 Å². The third kappa shape index (κ3) is 2.03. The first kappa shape index (κ1) is 15.0. The van der Waals surface area contributed by atoms with Crippen LogP contribution in [0.3, 0.4) is 0 Å². The molecule has 22 heavy (non-hydrogen) atoms. The lowest BCUT2D eigenvalue weighted by atomic mass is 9.79. The highest BCUT2D eigenvalue weighted by atomic mass is 14.7. The summed E-state index contributed by atoms with van der Waals surface area (Å²) in [6.45, 7) is 15.8. The van der Waals surface area contributed by atoms with Gasteiger partial charge in [-0.3, -0.25) is 0 Å². The first-order valence-electron chi connectivity index (χ1n) is 8.02. The number of para-hydroxylation sites is 1. The maximum absolute atomic E-state index is 5.01. The van der Waals surface area contributed by atoms with E-state index in [1.165, 1.54) is 44.1 Å². The highest BCUT2D eigenvalue weighted by molar-refractivity contribution is 6.02. The van der Waals surface area contributed by atoms with Crippen LogP contribution in [0.15, 0.2) is 24.3 Å². The van der Waals surface area contributed by atoms with Crippen LogP contribution in [0.2, 0.25) is 0 Å². The van der Waals surface area contributed by atoms with E-state index >= 15 is 0 Å². The van der Waals surface area contributed by atoms with Crippen LogP contribution in [0, 0.1) is 27.7 Å². The summed E-state index contributed by atoms with van der Waals surface area (Å²) < 4.78 is 0. The first-order valence-corrected chi connectivity index (χ1v) is 8.02. The molecule has 0 aliphatic heterocycles. The number of nitrogens with zero attached hydrogens (tertiary/aromatic N) is 1. The molecule has 1 heteroatoms. The second-order valence-electron chi connectivity index (χ2n) is 7.48. The summed E-state index contributed by atoms with van der Waals surface area (Å²) in [5.74, 6) is 0. The third-order valence-electron chi connectivity index (χ3n) is 5.06. The number of fused-ring (bicyclic) bond motifs is 2. The molecule has 0 aliphatic carbocycles. The van der Waals surface area contributed by atoms with E-state index in [0.717, 1.165) is 5.52 Å². The van der Waals surface area contributed by atoms with Gasteiger partial charge in [-0.2, -0.15) is 0 Å². The van der Waals surface area contributed by atoms with E-state index in [1.807, 2.05) is 0 Å². The van der Waals surface area contributed by atoms with Crippen molar-refractivity contribution in [2.75, 3.05) is 0 Å². The molecule has 2 aromatic carbocycles. The van der Waals surface area contributed by atoms with Gasteiger partial charge in [-0.1, -0.05) is 39.0 Å². The Labute approximate surface area is 133 Å². The zero-order valence-electron chi connectivity index (χ0n) is 14.8. The molecule has 0 atom stereocenters. The molecule has 3 aromatic rings. The first-order chi connectivity index (χ1) is 10.2. The summed E-state index contributed by atoms with van der Waals surface area (Å²) in [6, 6.07) is 8.55. The van der Waals surface area contributed by atoms with Crippen LogP contribution in [-0.4, -0.2) is 4.98 Å². The molecule has 0 saturated carbocycles. The lowest BCUT2D eigenvalue weighted by Crippen LogP contribution is -2.14. The van der Waals surface area contributed by atoms with Gasteiger partial charge in [-0.15, -0.1) is 0 Å². The van der Waals surface area contributed by atoms with Crippen molar-refractivity contribution in [3.05, 3.63) is 52.1 Å². The minimum Gasteiger partial charge on any atom is -0.247 e. The van der Waals surface area contributed by atoms with E-state index in [2.05, 4.69) is 72.7 Å². The zero-order chi connectivity index (χ0) is 16.2. The monoisotopic (exact) mass is 291 g/mol. The SMILES string of the molecule is Cc1c(C)c(C)c2c(C(C)(C)C)c3ccccc3nc2c1C. The van der Waals surface area contributed by atoms with Crippen molar-refractivity contribution in [2.24, 2.45) is 0 Å². The molecule has 1 heterocycles. The highest BCUT2D eigenvalue weighted by Crippen LogP contribution is 2.39. The normalized spacial score (nSPS) is 12.3. The smallest absolute Gasteiger partial charge is 0.0747 e. The van der Waals surface area contributed by atoms with Gasteiger partial charge in [0.15, 0.2) is 0 Å². The molecule has 0 unspecified atom stereocenters.